The van der Waals surface area contributed by atoms with Gasteiger partial charge < -0.3 is 21.1 Å². The molecule has 0 radical (unpaired) electrons. The summed E-state index contributed by atoms with van der Waals surface area (Å²) in [6.45, 7) is 1.73. The first-order valence-electron chi connectivity index (χ1n) is 11.9. The van der Waals surface area contributed by atoms with Crippen LogP contribution in [0.4, 0.5) is 16.2 Å². The molecule has 4 rings (SSSR count). The van der Waals surface area contributed by atoms with Crippen LogP contribution in [-0.4, -0.2) is 29.4 Å². The number of amides is 2. The van der Waals surface area contributed by atoms with E-state index in [0.29, 0.717) is 5.69 Å². The fraction of sp³-hybridized carbons (Fsp3) is 0.250. The summed E-state index contributed by atoms with van der Waals surface area (Å²) in [5.74, 6) is -2.89. The van der Waals surface area contributed by atoms with Gasteiger partial charge in [-0.15, -0.1) is 0 Å². The number of hydrogen-bond acceptors (Lipinski definition) is 4. The Morgan fingerprint density at radius 1 is 1.05 bits per heavy atom. The number of fused-ring (bicyclic) bond motifs is 1. The van der Waals surface area contributed by atoms with E-state index in [1.165, 1.54) is 5.56 Å². The van der Waals surface area contributed by atoms with Gasteiger partial charge in [-0.25, -0.2) is 4.79 Å². The molecule has 0 saturated carbocycles. The molecule has 0 bridgehead atoms. The van der Waals surface area contributed by atoms with E-state index >= 15 is 0 Å². The Labute approximate surface area is 225 Å². The van der Waals surface area contributed by atoms with E-state index in [4.69, 9.17) is 23.2 Å². The fourth-order valence-corrected chi connectivity index (χ4v) is 5.12. The second-order valence-electron chi connectivity index (χ2n) is 9.09. The largest absolute Gasteiger partial charge is 0.481 e. The van der Waals surface area contributed by atoms with Crippen molar-refractivity contribution in [1.29, 1.82) is 0 Å². The molecule has 9 heteroatoms. The summed E-state index contributed by atoms with van der Waals surface area (Å²) in [7, 11) is 0. The van der Waals surface area contributed by atoms with Gasteiger partial charge in [0.2, 0.25) is 0 Å². The lowest BCUT2D eigenvalue weighted by molar-refractivity contribution is -0.141. The molecule has 3 aromatic carbocycles. The molecule has 2 atom stereocenters. The first-order chi connectivity index (χ1) is 17.7. The first-order valence-corrected chi connectivity index (χ1v) is 12.7. The molecule has 37 heavy (non-hydrogen) atoms. The summed E-state index contributed by atoms with van der Waals surface area (Å²) in [6, 6.07) is 18.1. The Morgan fingerprint density at radius 3 is 2.59 bits per heavy atom. The molecule has 0 aromatic heterocycles. The van der Waals surface area contributed by atoms with Crippen molar-refractivity contribution in [2.24, 2.45) is 5.92 Å². The Morgan fingerprint density at radius 2 is 1.84 bits per heavy atom. The molecule has 1 aliphatic carbocycles. The molecule has 1 aliphatic rings. The normalized spacial score (nSPS) is 14.9. The topological polar surface area (TPSA) is 108 Å². The molecule has 0 fully saturated rings. The summed E-state index contributed by atoms with van der Waals surface area (Å²) in [5.41, 5.74) is 4.59. The Balaban J connectivity index is 1.41. The summed E-state index contributed by atoms with van der Waals surface area (Å²) < 4.78 is 0. The van der Waals surface area contributed by atoms with Crippen molar-refractivity contribution in [3.05, 3.63) is 93.0 Å². The number of hydrogen-bond donors (Lipinski definition) is 4. The number of carboxylic acids is 1. The van der Waals surface area contributed by atoms with Gasteiger partial charge in [-0.05, 0) is 60.7 Å². The molecule has 0 aliphatic heterocycles. The Hall–Kier alpha value is -3.55. The predicted octanol–water partition coefficient (Wildman–Crippen LogP) is 6.31. The van der Waals surface area contributed by atoms with Crippen molar-refractivity contribution in [3.8, 4) is 0 Å². The van der Waals surface area contributed by atoms with Gasteiger partial charge in [0.1, 0.15) is 0 Å². The minimum absolute atomic E-state index is 0.0410. The molecular formula is C28H27Cl2N3O4. The third-order valence-electron chi connectivity index (χ3n) is 6.40. The first kappa shape index (κ1) is 26.5. The van der Waals surface area contributed by atoms with Crippen LogP contribution >= 0.6 is 23.2 Å². The number of carbonyl (C=O) groups is 3. The molecule has 2 amide bonds. The summed E-state index contributed by atoms with van der Waals surface area (Å²) in [4.78, 5) is 37.5. The summed E-state index contributed by atoms with van der Waals surface area (Å²) in [5, 5.41) is 18.6. The summed E-state index contributed by atoms with van der Waals surface area (Å²) >= 11 is 12.8. The van der Waals surface area contributed by atoms with E-state index in [2.05, 4.69) is 16.0 Å². The van der Waals surface area contributed by atoms with Crippen LogP contribution in [-0.2, 0) is 11.2 Å². The van der Waals surface area contributed by atoms with Crippen LogP contribution in [0.5, 0.6) is 0 Å². The van der Waals surface area contributed by atoms with Gasteiger partial charge in [0.05, 0.1) is 33.3 Å². The standard InChI is InChI=1S/C28H27Cl2N3O4/c1-16-5-4-7-19(13-16)32-23-12-10-21(29)25(26(23)30)24(34)14-18(27(35)36)15-31-28(37)33-22-11-9-17-6-2-3-8-20(17)22/h2-8,10,12-13,18,22,32H,9,11,14-15H2,1H3,(H,35,36)(H2,31,33,37)/t18-,22+/m0/s1. The SMILES string of the molecule is Cc1cccc(Nc2ccc(Cl)c(C(=O)C[C@@H](CNC(=O)N[C@@H]3CCc4ccccc43)C(=O)O)c2Cl)c1. The Bertz CT molecular complexity index is 1340. The van der Waals surface area contributed by atoms with Gasteiger partial charge in [0, 0.05) is 18.7 Å². The molecule has 0 spiro atoms. The van der Waals surface area contributed by atoms with Crippen LogP contribution in [0.1, 0.15) is 45.9 Å². The predicted molar refractivity (Wildman–Crippen MR) is 145 cm³/mol. The van der Waals surface area contributed by atoms with Crippen molar-refractivity contribution in [1.82, 2.24) is 10.6 Å². The van der Waals surface area contributed by atoms with Crippen LogP contribution in [0.3, 0.4) is 0 Å². The van der Waals surface area contributed by atoms with E-state index in [-0.39, 0.29) is 34.6 Å². The highest BCUT2D eigenvalue weighted by Gasteiger charge is 2.28. The Kier molecular flexibility index (Phi) is 8.36. The number of halogens is 2. The smallest absolute Gasteiger partial charge is 0.315 e. The van der Waals surface area contributed by atoms with Crippen LogP contribution in [0, 0.1) is 12.8 Å². The van der Waals surface area contributed by atoms with Crippen LogP contribution < -0.4 is 16.0 Å². The van der Waals surface area contributed by atoms with Gasteiger partial charge in [-0.3, -0.25) is 9.59 Å². The van der Waals surface area contributed by atoms with Crippen molar-refractivity contribution >= 4 is 52.4 Å². The second-order valence-corrected chi connectivity index (χ2v) is 9.87. The molecular weight excluding hydrogens is 513 g/mol. The average Bonchev–Trinajstić information content (AvgIpc) is 3.26. The van der Waals surface area contributed by atoms with Crippen LogP contribution in [0.25, 0.3) is 0 Å². The molecule has 3 aromatic rings. The third-order valence-corrected chi connectivity index (χ3v) is 7.10. The number of nitrogens with one attached hydrogen (secondary N) is 3. The number of carbonyl (C=O) groups excluding carboxylic acids is 2. The lowest BCUT2D eigenvalue weighted by atomic mass is 9.97. The molecule has 0 heterocycles. The average molecular weight is 540 g/mol. The van der Waals surface area contributed by atoms with E-state index < -0.39 is 23.7 Å². The van der Waals surface area contributed by atoms with E-state index in [0.717, 1.165) is 29.7 Å². The van der Waals surface area contributed by atoms with Crippen molar-refractivity contribution in [2.75, 3.05) is 11.9 Å². The zero-order valence-corrected chi connectivity index (χ0v) is 21.7. The lowest BCUT2D eigenvalue weighted by Gasteiger charge is -2.18. The molecule has 0 saturated heterocycles. The number of ketones is 1. The van der Waals surface area contributed by atoms with Gasteiger partial charge >= 0.3 is 12.0 Å². The molecule has 0 unspecified atom stereocenters. The second kappa shape index (κ2) is 11.7. The zero-order chi connectivity index (χ0) is 26.5. The number of Topliss-reactive ketones (excluding diaryl/α,β-unsaturated/α-hetero) is 1. The van der Waals surface area contributed by atoms with Crippen LogP contribution in [0.15, 0.2) is 60.7 Å². The van der Waals surface area contributed by atoms with Gasteiger partial charge in [0.25, 0.3) is 0 Å². The highest BCUT2D eigenvalue weighted by atomic mass is 35.5. The number of benzene rings is 3. The molecule has 4 N–H and O–H groups in total. The summed E-state index contributed by atoms with van der Waals surface area (Å²) in [6.07, 6.45) is 1.26. The van der Waals surface area contributed by atoms with Crippen molar-refractivity contribution < 1.29 is 19.5 Å². The van der Waals surface area contributed by atoms with E-state index in [9.17, 15) is 19.5 Å². The number of rotatable bonds is 9. The minimum atomic E-state index is -1.21. The maximum absolute atomic E-state index is 13.1. The third kappa shape index (κ3) is 6.42. The minimum Gasteiger partial charge on any atom is -0.481 e. The van der Waals surface area contributed by atoms with Gasteiger partial charge in [-0.1, -0.05) is 59.6 Å². The number of aliphatic carboxylic acids is 1. The number of carboxylic acid groups (broad SMARTS) is 1. The van der Waals surface area contributed by atoms with Gasteiger partial charge in [0.15, 0.2) is 5.78 Å². The number of urea groups is 1. The van der Waals surface area contributed by atoms with E-state index in [1.807, 2.05) is 55.5 Å². The molecule has 7 nitrogen and oxygen atoms in total. The number of aryl methyl sites for hydroxylation is 2. The lowest BCUT2D eigenvalue weighted by Crippen LogP contribution is -2.41. The van der Waals surface area contributed by atoms with Crippen molar-refractivity contribution in [2.45, 2.75) is 32.2 Å². The van der Waals surface area contributed by atoms with Gasteiger partial charge in [-0.2, -0.15) is 0 Å². The molecule has 192 valence electrons. The zero-order valence-electron chi connectivity index (χ0n) is 20.2. The highest BCUT2D eigenvalue weighted by molar-refractivity contribution is 6.41. The quantitative estimate of drug-likeness (QED) is 0.238. The maximum Gasteiger partial charge on any atom is 0.315 e. The maximum atomic E-state index is 13.1. The monoisotopic (exact) mass is 539 g/mol. The van der Waals surface area contributed by atoms with E-state index in [1.54, 1.807) is 12.1 Å². The van der Waals surface area contributed by atoms with Crippen molar-refractivity contribution in [3.63, 3.8) is 0 Å². The highest BCUT2D eigenvalue weighted by Crippen LogP contribution is 2.35. The number of anilines is 2. The fourth-order valence-electron chi connectivity index (χ4n) is 4.49. The van der Waals surface area contributed by atoms with Crippen LogP contribution in [0.2, 0.25) is 10.0 Å².